The lowest BCUT2D eigenvalue weighted by molar-refractivity contribution is 0.201. The molecule has 0 saturated carbocycles. The first-order chi connectivity index (χ1) is 9.83. The van der Waals surface area contributed by atoms with Crippen molar-refractivity contribution < 1.29 is 9.47 Å². The quantitative estimate of drug-likeness (QED) is 0.890. The Morgan fingerprint density at radius 1 is 1.10 bits per heavy atom. The summed E-state index contributed by atoms with van der Waals surface area (Å²) in [6.07, 6.45) is 3.97. The second kappa shape index (κ2) is 6.46. The fraction of sp³-hybridized carbons (Fsp3) is 0.625. The van der Waals surface area contributed by atoms with E-state index in [0.29, 0.717) is 6.04 Å². The summed E-state index contributed by atoms with van der Waals surface area (Å²) < 4.78 is 11.0. The number of hydrogen-bond acceptors (Lipinski definition) is 4. The second-order valence-electron chi connectivity index (χ2n) is 5.75. The fourth-order valence-electron chi connectivity index (χ4n) is 3.18. The molecule has 0 radical (unpaired) electrons. The van der Waals surface area contributed by atoms with E-state index >= 15 is 0 Å². The summed E-state index contributed by atoms with van der Waals surface area (Å²) in [5, 5.41) is 3.71. The molecule has 2 aliphatic rings. The molecule has 0 spiro atoms. The first kappa shape index (κ1) is 13.7. The van der Waals surface area contributed by atoms with Crippen molar-refractivity contribution in [2.75, 3.05) is 33.4 Å². The van der Waals surface area contributed by atoms with E-state index in [0.717, 1.165) is 30.7 Å². The molecule has 2 fully saturated rings. The van der Waals surface area contributed by atoms with Gasteiger partial charge in [0.2, 0.25) is 0 Å². The van der Waals surface area contributed by atoms with E-state index in [9.17, 15) is 0 Å². The van der Waals surface area contributed by atoms with Crippen LogP contribution >= 0.6 is 0 Å². The van der Waals surface area contributed by atoms with Crippen LogP contribution in [-0.4, -0.2) is 50.3 Å². The van der Waals surface area contributed by atoms with Crippen molar-refractivity contribution in [3.8, 4) is 11.5 Å². The number of benzene rings is 1. The van der Waals surface area contributed by atoms with Gasteiger partial charge in [0, 0.05) is 25.2 Å². The summed E-state index contributed by atoms with van der Waals surface area (Å²) in [5.74, 6) is 1.78. The Morgan fingerprint density at radius 2 is 1.85 bits per heavy atom. The number of nitrogens with one attached hydrogen (secondary N) is 1. The number of hydrogen-bond donors (Lipinski definition) is 1. The molecular formula is C16H24N2O2. The first-order valence-electron chi connectivity index (χ1n) is 7.59. The molecule has 3 rings (SSSR count). The molecule has 4 heteroatoms. The largest absolute Gasteiger partial charge is 0.497 e. The van der Waals surface area contributed by atoms with Crippen molar-refractivity contribution in [1.29, 1.82) is 0 Å². The van der Waals surface area contributed by atoms with Crippen molar-refractivity contribution in [3.05, 3.63) is 24.3 Å². The highest BCUT2D eigenvalue weighted by Gasteiger charge is 2.28. The molecule has 0 aliphatic carbocycles. The third kappa shape index (κ3) is 3.44. The molecule has 1 aromatic carbocycles. The highest BCUT2D eigenvalue weighted by Crippen LogP contribution is 2.20. The third-order valence-corrected chi connectivity index (χ3v) is 4.34. The van der Waals surface area contributed by atoms with E-state index in [1.165, 1.54) is 32.4 Å². The maximum atomic E-state index is 5.81. The molecule has 1 aromatic rings. The molecule has 2 heterocycles. The van der Waals surface area contributed by atoms with E-state index in [2.05, 4.69) is 10.2 Å². The van der Waals surface area contributed by atoms with Crippen LogP contribution in [0.5, 0.6) is 11.5 Å². The van der Waals surface area contributed by atoms with E-state index in [1.807, 2.05) is 24.3 Å². The topological polar surface area (TPSA) is 33.7 Å². The fourth-order valence-corrected chi connectivity index (χ4v) is 3.18. The predicted octanol–water partition coefficient (Wildman–Crippen LogP) is 1.90. The van der Waals surface area contributed by atoms with Gasteiger partial charge < -0.3 is 14.8 Å². The molecule has 2 saturated heterocycles. The van der Waals surface area contributed by atoms with Crippen molar-refractivity contribution in [2.24, 2.45) is 0 Å². The lowest BCUT2D eigenvalue weighted by atomic mass is 10.1. The highest BCUT2D eigenvalue weighted by atomic mass is 16.5. The third-order valence-electron chi connectivity index (χ3n) is 4.34. The average Bonchev–Trinajstić information content (AvgIpc) is 2.82. The maximum absolute atomic E-state index is 5.81. The number of fused-ring (bicyclic) bond motifs is 2. The van der Waals surface area contributed by atoms with Crippen LogP contribution in [0.4, 0.5) is 0 Å². The van der Waals surface area contributed by atoms with Crippen LogP contribution in [-0.2, 0) is 0 Å². The predicted molar refractivity (Wildman–Crippen MR) is 79.5 cm³/mol. The van der Waals surface area contributed by atoms with Gasteiger partial charge in [-0.1, -0.05) is 0 Å². The van der Waals surface area contributed by atoms with Crippen molar-refractivity contribution >= 4 is 0 Å². The smallest absolute Gasteiger partial charge is 0.119 e. The van der Waals surface area contributed by atoms with E-state index < -0.39 is 0 Å². The van der Waals surface area contributed by atoms with Gasteiger partial charge in [0.15, 0.2) is 0 Å². The van der Waals surface area contributed by atoms with Crippen LogP contribution in [0.2, 0.25) is 0 Å². The van der Waals surface area contributed by atoms with Crippen LogP contribution in [0, 0.1) is 0 Å². The first-order valence-corrected chi connectivity index (χ1v) is 7.59. The number of methoxy groups -OCH3 is 1. The second-order valence-corrected chi connectivity index (χ2v) is 5.75. The number of likely N-dealkylation sites (tertiary alicyclic amines) is 1. The number of ether oxygens (including phenoxy) is 2. The molecule has 110 valence electrons. The summed E-state index contributed by atoms with van der Waals surface area (Å²) in [6, 6.07) is 9.25. The van der Waals surface area contributed by atoms with Crippen LogP contribution < -0.4 is 14.8 Å². The highest BCUT2D eigenvalue weighted by molar-refractivity contribution is 5.31. The molecule has 0 amide bonds. The zero-order valence-corrected chi connectivity index (χ0v) is 12.2. The minimum Gasteiger partial charge on any atom is -0.497 e. The van der Waals surface area contributed by atoms with E-state index in [-0.39, 0.29) is 0 Å². The molecule has 2 atom stereocenters. The molecule has 2 unspecified atom stereocenters. The lowest BCUT2D eigenvalue weighted by Gasteiger charge is -2.23. The van der Waals surface area contributed by atoms with Gasteiger partial charge in [-0.2, -0.15) is 0 Å². The molecule has 4 nitrogen and oxygen atoms in total. The Balaban J connectivity index is 1.42. The zero-order chi connectivity index (χ0) is 13.8. The Kier molecular flexibility index (Phi) is 4.43. The van der Waals surface area contributed by atoms with E-state index in [4.69, 9.17) is 9.47 Å². The summed E-state index contributed by atoms with van der Waals surface area (Å²) in [4.78, 5) is 2.53. The van der Waals surface area contributed by atoms with Crippen LogP contribution in [0.15, 0.2) is 24.3 Å². The Hall–Kier alpha value is -1.26. The Morgan fingerprint density at radius 3 is 2.65 bits per heavy atom. The molecule has 0 aromatic heterocycles. The van der Waals surface area contributed by atoms with Crippen LogP contribution in [0.3, 0.4) is 0 Å². The monoisotopic (exact) mass is 276 g/mol. The maximum Gasteiger partial charge on any atom is 0.119 e. The van der Waals surface area contributed by atoms with Crippen LogP contribution in [0.1, 0.15) is 19.3 Å². The Bertz CT molecular complexity index is 421. The number of nitrogens with zero attached hydrogens (tertiary/aromatic N) is 1. The zero-order valence-electron chi connectivity index (χ0n) is 12.2. The molecule has 20 heavy (non-hydrogen) atoms. The average molecular weight is 276 g/mol. The van der Waals surface area contributed by atoms with Gasteiger partial charge in [0.1, 0.15) is 18.1 Å². The summed E-state index contributed by atoms with van der Waals surface area (Å²) in [7, 11) is 1.68. The molecule has 2 bridgehead atoms. The van der Waals surface area contributed by atoms with E-state index in [1.54, 1.807) is 7.11 Å². The molecule has 2 aliphatic heterocycles. The van der Waals surface area contributed by atoms with Gasteiger partial charge in [0.05, 0.1) is 7.11 Å². The lowest BCUT2D eigenvalue weighted by Crippen LogP contribution is -2.37. The van der Waals surface area contributed by atoms with Crippen molar-refractivity contribution in [3.63, 3.8) is 0 Å². The molecule has 1 N–H and O–H groups in total. The number of rotatable bonds is 5. The minimum atomic E-state index is 0.698. The van der Waals surface area contributed by atoms with Crippen molar-refractivity contribution in [2.45, 2.75) is 31.3 Å². The van der Waals surface area contributed by atoms with Gasteiger partial charge in [0.25, 0.3) is 0 Å². The summed E-state index contributed by atoms with van der Waals surface area (Å²) in [5.41, 5.74) is 0. The standard InChI is InChI=1S/C16H24N2O2/c1-19-15-4-6-16(7-5-15)20-11-10-18-9-8-13-2-3-14(12-18)17-13/h4-7,13-14,17H,2-3,8-12H2,1H3. The normalized spacial score (nSPS) is 26.2. The van der Waals surface area contributed by atoms with Gasteiger partial charge in [-0.25, -0.2) is 0 Å². The summed E-state index contributed by atoms with van der Waals surface area (Å²) >= 11 is 0. The van der Waals surface area contributed by atoms with Gasteiger partial charge >= 0.3 is 0 Å². The summed E-state index contributed by atoms with van der Waals surface area (Å²) in [6.45, 7) is 4.13. The van der Waals surface area contributed by atoms with Gasteiger partial charge in [-0.3, -0.25) is 4.90 Å². The van der Waals surface area contributed by atoms with Crippen LogP contribution in [0.25, 0.3) is 0 Å². The molecular weight excluding hydrogens is 252 g/mol. The van der Waals surface area contributed by atoms with Gasteiger partial charge in [-0.05, 0) is 50.1 Å². The van der Waals surface area contributed by atoms with Gasteiger partial charge in [-0.15, -0.1) is 0 Å². The Labute approximate surface area is 121 Å². The SMILES string of the molecule is COc1ccc(OCCN2CCC3CCC(C2)N3)cc1. The minimum absolute atomic E-state index is 0.698. The van der Waals surface area contributed by atoms with Crippen molar-refractivity contribution in [1.82, 2.24) is 10.2 Å².